The third-order valence-corrected chi connectivity index (χ3v) is 14.2. The van der Waals surface area contributed by atoms with Crippen LogP contribution in [0, 0.1) is 0 Å². The standard InChI is InChI=1S/C13H9.C9H7.2CHO.CH2.Ti/c1-3-7-12-10(5-1)9-11-6-2-4-8-13(11)12;1-2-5-9-7-3-6-8(9)4-1;2*1-2;;/h1-5,7-8H,9H2;1-7H;2*1H;1H2;. The van der Waals surface area contributed by atoms with Gasteiger partial charge in [0.25, 0.3) is 0 Å². The van der Waals surface area contributed by atoms with Crippen LogP contribution in [0.5, 0.6) is 0 Å². The summed E-state index contributed by atoms with van der Waals surface area (Å²) in [6.07, 6.45) is 4.80. The molecule has 0 amide bonds. The Hall–Kier alpha value is -2.68. The minimum absolute atomic E-state index is 0.251. The van der Waals surface area contributed by atoms with Crippen LogP contribution in [0.4, 0.5) is 0 Å². The van der Waals surface area contributed by atoms with E-state index in [1.54, 1.807) is 0 Å². The average molecular weight is 400 g/mol. The summed E-state index contributed by atoms with van der Waals surface area (Å²) in [4.78, 5) is 30.1. The summed E-state index contributed by atoms with van der Waals surface area (Å²) in [6, 6.07) is 22.4. The zero-order valence-corrected chi connectivity index (χ0v) is 17.0. The molecule has 0 radical (unpaired) electrons. The Morgan fingerprint density at radius 3 is 2.39 bits per heavy atom. The molecular formula is C25H20O2Ti. The number of benzene rings is 3. The van der Waals surface area contributed by atoms with Gasteiger partial charge >= 0.3 is 165 Å². The molecule has 0 bridgehead atoms. The number of hydrogen-bond acceptors (Lipinski definition) is 2. The van der Waals surface area contributed by atoms with Crippen LogP contribution in [0.15, 0.2) is 72.8 Å². The molecule has 3 aromatic rings. The minimum atomic E-state index is -4.72. The van der Waals surface area contributed by atoms with Gasteiger partial charge in [0, 0.05) is 0 Å². The molecule has 0 fully saturated rings. The molecule has 0 saturated heterocycles. The van der Waals surface area contributed by atoms with Gasteiger partial charge in [0.1, 0.15) is 0 Å². The summed E-state index contributed by atoms with van der Waals surface area (Å²) in [7, 11) is 0. The van der Waals surface area contributed by atoms with E-state index in [-0.39, 0.29) is 4.22 Å². The van der Waals surface area contributed by atoms with Crippen LogP contribution < -0.4 is 3.87 Å². The first kappa shape index (κ1) is 17.4. The molecule has 3 heteroatoms. The number of carbonyl (C=O) groups is 2. The Morgan fingerprint density at radius 2 is 1.57 bits per heavy atom. The van der Waals surface area contributed by atoms with Crippen molar-refractivity contribution in [3.05, 3.63) is 95.1 Å². The van der Waals surface area contributed by atoms with Crippen molar-refractivity contribution in [3.63, 3.8) is 0 Å². The number of carbonyl (C=O) groups excluding carboxylic acids is 2. The second kappa shape index (κ2) is 5.91. The van der Waals surface area contributed by atoms with Gasteiger partial charge in [0.05, 0.1) is 0 Å². The monoisotopic (exact) mass is 400 g/mol. The molecular weight excluding hydrogens is 380 g/mol. The van der Waals surface area contributed by atoms with Gasteiger partial charge in [-0.3, -0.25) is 0 Å². The van der Waals surface area contributed by atoms with Gasteiger partial charge in [-0.15, -0.1) is 0 Å². The molecule has 0 spiro atoms. The Bertz CT molecular complexity index is 1240. The van der Waals surface area contributed by atoms with Crippen LogP contribution >= 0.6 is 0 Å². The van der Waals surface area contributed by atoms with E-state index in [0.717, 1.165) is 41.7 Å². The first-order valence-electron chi connectivity index (χ1n) is 9.54. The molecule has 2 nitrogen and oxygen atoms in total. The summed E-state index contributed by atoms with van der Waals surface area (Å²) in [5.41, 5.74) is 6.79. The van der Waals surface area contributed by atoms with Crippen LogP contribution in [0.25, 0.3) is 17.2 Å². The molecule has 1 atom stereocenters. The van der Waals surface area contributed by atoms with Gasteiger partial charge in [-0.2, -0.15) is 0 Å². The number of hydrogen-bond donors (Lipinski definition) is 0. The first-order valence-corrected chi connectivity index (χ1v) is 14.1. The van der Waals surface area contributed by atoms with E-state index in [4.69, 9.17) is 0 Å². The predicted octanol–water partition coefficient (Wildman–Crippen LogP) is 4.15. The summed E-state index contributed by atoms with van der Waals surface area (Å²) in [6.45, 7) is 0. The van der Waals surface area contributed by atoms with Crippen LogP contribution in [-0.4, -0.2) is 14.0 Å². The van der Waals surface area contributed by atoms with Crippen molar-refractivity contribution in [1.29, 1.82) is 0 Å². The molecule has 0 saturated carbocycles. The fraction of sp³-hybridized carbons (Fsp3) is 0.0800. The van der Waals surface area contributed by atoms with Gasteiger partial charge < -0.3 is 0 Å². The Labute approximate surface area is 164 Å². The third kappa shape index (κ3) is 2.10. The van der Waals surface area contributed by atoms with Crippen LogP contribution in [0.3, 0.4) is 0 Å². The van der Waals surface area contributed by atoms with Crippen molar-refractivity contribution in [3.8, 4) is 11.1 Å². The number of rotatable bonds is 4. The maximum atomic E-state index is 12.8. The Morgan fingerprint density at radius 1 is 0.857 bits per heavy atom. The van der Waals surface area contributed by atoms with Gasteiger partial charge in [0.15, 0.2) is 0 Å². The topological polar surface area (TPSA) is 34.1 Å². The molecule has 28 heavy (non-hydrogen) atoms. The Balaban J connectivity index is 1.80. The number of allylic oxidation sites excluding steroid dienone is 1. The molecule has 0 aromatic heterocycles. The van der Waals surface area contributed by atoms with Crippen LogP contribution in [-0.2, 0) is 30.9 Å². The van der Waals surface area contributed by atoms with Crippen molar-refractivity contribution in [2.45, 2.75) is 10.6 Å². The first-order chi connectivity index (χ1) is 13.6. The zero-order chi connectivity index (χ0) is 19.4. The summed E-state index contributed by atoms with van der Waals surface area (Å²) in [5, 5.41) is 0. The maximum absolute atomic E-state index is 12.8. The molecule has 2 aliphatic carbocycles. The van der Waals surface area contributed by atoms with Crippen molar-refractivity contribution in [2.75, 3.05) is 0 Å². The summed E-state index contributed by atoms with van der Waals surface area (Å²) in [5.74, 6) is 0. The van der Waals surface area contributed by atoms with Crippen LogP contribution in [0.2, 0.25) is 0 Å². The van der Waals surface area contributed by atoms with E-state index in [0.29, 0.717) is 0 Å². The zero-order valence-electron chi connectivity index (χ0n) is 15.5. The molecule has 3 aromatic carbocycles. The molecule has 136 valence electrons. The SMILES string of the molecule is [CH2]=[Ti]([CH]=O)([CH]=O)([c]1cccc2c1Cc1ccccc1-2)[CH]1C=Cc2ccccc21. The van der Waals surface area contributed by atoms with E-state index in [1.165, 1.54) is 11.1 Å². The van der Waals surface area contributed by atoms with Crippen LogP contribution in [0.1, 0.15) is 26.5 Å². The second-order valence-electron chi connectivity index (χ2n) is 8.09. The molecule has 0 N–H and O–H groups in total. The number of fused-ring (bicyclic) bond motifs is 4. The average Bonchev–Trinajstić information content (AvgIpc) is 3.35. The van der Waals surface area contributed by atoms with Gasteiger partial charge in [-0.05, 0) is 0 Å². The van der Waals surface area contributed by atoms with E-state index >= 15 is 0 Å². The fourth-order valence-electron chi connectivity index (χ4n) is 5.04. The fourth-order valence-corrected chi connectivity index (χ4v) is 11.2. The van der Waals surface area contributed by atoms with E-state index in [1.807, 2.05) is 60.7 Å². The molecule has 2 aliphatic rings. The van der Waals surface area contributed by atoms with Gasteiger partial charge in [0.2, 0.25) is 0 Å². The normalized spacial score (nSPS) is 17.0. The molecule has 1 unspecified atom stereocenters. The quantitative estimate of drug-likeness (QED) is 0.381. The van der Waals surface area contributed by atoms with E-state index in [2.05, 4.69) is 23.0 Å². The third-order valence-electron chi connectivity index (χ3n) is 6.60. The van der Waals surface area contributed by atoms with E-state index in [9.17, 15) is 9.59 Å². The van der Waals surface area contributed by atoms with E-state index < -0.39 is 14.8 Å². The summed E-state index contributed by atoms with van der Waals surface area (Å²) < 4.78 is 2.53. The van der Waals surface area contributed by atoms with Gasteiger partial charge in [-0.25, -0.2) is 0 Å². The van der Waals surface area contributed by atoms with Gasteiger partial charge in [-0.1, -0.05) is 0 Å². The predicted molar refractivity (Wildman–Crippen MR) is 113 cm³/mol. The molecule has 0 heterocycles. The Kier molecular flexibility index (Phi) is 3.68. The molecule has 0 aliphatic heterocycles. The second-order valence-corrected chi connectivity index (χ2v) is 16.0. The molecule has 5 rings (SSSR count). The summed E-state index contributed by atoms with van der Waals surface area (Å²) >= 11 is -4.72. The van der Waals surface area contributed by atoms with Crippen molar-refractivity contribution < 1.29 is 24.4 Å². The van der Waals surface area contributed by atoms with Crippen molar-refractivity contribution >= 4 is 23.9 Å². The van der Waals surface area contributed by atoms with Crippen molar-refractivity contribution in [1.82, 2.24) is 0 Å². The van der Waals surface area contributed by atoms with Crippen molar-refractivity contribution in [2.24, 2.45) is 0 Å².